The molecule has 0 aliphatic carbocycles. The summed E-state index contributed by atoms with van der Waals surface area (Å²) >= 11 is 1.47. The summed E-state index contributed by atoms with van der Waals surface area (Å²) in [5.41, 5.74) is 6.58. The number of thiazole rings is 1. The van der Waals surface area contributed by atoms with Crippen molar-refractivity contribution in [3.63, 3.8) is 0 Å². The lowest BCUT2D eigenvalue weighted by molar-refractivity contribution is -0.166. The van der Waals surface area contributed by atoms with Crippen LogP contribution in [-0.2, 0) is 11.2 Å². The number of nitrogens with zero attached hydrogens (tertiary/aromatic N) is 1. The molecule has 19 heavy (non-hydrogen) atoms. The molecule has 0 bridgehead atoms. The molecule has 2 N–H and O–H groups in total. The third kappa shape index (κ3) is 5.04. The van der Waals surface area contributed by atoms with E-state index in [1.54, 1.807) is 0 Å². The van der Waals surface area contributed by atoms with Crippen LogP contribution in [0.4, 0.5) is 17.6 Å². The van der Waals surface area contributed by atoms with E-state index in [2.05, 4.69) is 9.72 Å². The lowest BCUT2D eigenvalue weighted by Gasteiger charge is -2.17. The summed E-state index contributed by atoms with van der Waals surface area (Å²) in [5, 5.41) is 0.784. The van der Waals surface area contributed by atoms with Gasteiger partial charge in [0, 0.05) is 17.3 Å². The SMILES string of the molecule is Cc1nc(CC(N)COCC(F)(F)C(F)F)sc1C. The van der Waals surface area contributed by atoms with Crippen LogP contribution in [0, 0.1) is 13.8 Å². The molecule has 3 nitrogen and oxygen atoms in total. The van der Waals surface area contributed by atoms with E-state index >= 15 is 0 Å². The summed E-state index contributed by atoms with van der Waals surface area (Å²) in [7, 11) is 0. The third-order valence-electron chi connectivity index (χ3n) is 2.46. The van der Waals surface area contributed by atoms with Gasteiger partial charge in [-0.1, -0.05) is 0 Å². The zero-order valence-electron chi connectivity index (χ0n) is 10.6. The van der Waals surface area contributed by atoms with Gasteiger partial charge in [0.25, 0.3) is 0 Å². The summed E-state index contributed by atoms with van der Waals surface area (Å²) in [5.74, 6) is -4.13. The van der Waals surface area contributed by atoms with Crippen LogP contribution >= 0.6 is 11.3 Å². The minimum absolute atomic E-state index is 0.208. The van der Waals surface area contributed by atoms with Crippen LogP contribution in [0.3, 0.4) is 0 Å². The minimum Gasteiger partial charge on any atom is -0.373 e. The van der Waals surface area contributed by atoms with Gasteiger partial charge in [-0.3, -0.25) is 0 Å². The Hall–Kier alpha value is -0.730. The van der Waals surface area contributed by atoms with Gasteiger partial charge in [-0.15, -0.1) is 11.3 Å². The van der Waals surface area contributed by atoms with Crippen LogP contribution in [-0.4, -0.2) is 36.6 Å². The summed E-state index contributed by atoms with van der Waals surface area (Å²) in [6.45, 7) is 2.25. The van der Waals surface area contributed by atoms with Crippen LogP contribution in [0.1, 0.15) is 15.6 Å². The molecule has 1 unspecified atom stereocenters. The molecule has 0 saturated heterocycles. The van der Waals surface area contributed by atoms with E-state index < -0.39 is 25.0 Å². The zero-order chi connectivity index (χ0) is 14.6. The Morgan fingerprint density at radius 1 is 1.37 bits per heavy atom. The minimum atomic E-state index is -4.13. The second kappa shape index (κ2) is 6.62. The van der Waals surface area contributed by atoms with Crippen molar-refractivity contribution in [1.82, 2.24) is 4.98 Å². The number of rotatable bonds is 7. The van der Waals surface area contributed by atoms with Crippen molar-refractivity contribution in [3.8, 4) is 0 Å². The van der Waals surface area contributed by atoms with E-state index in [-0.39, 0.29) is 6.61 Å². The topological polar surface area (TPSA) is 48.1 Å². The van der Waals surface area contributed by atoms with E-state index in [4.69, 9.17) is 5.73 Å². The Labute approximate surface area is 112 Å². The number of hydrogen-bond acceptors (Lipinski definition) is 4. The van der Waals surface area contributed by atoms with Crippen LogP contribution < -0.4 is 5.73 Å². The molecule has 0 saturated carbocycles. The highest BCUT2D eigenvalue weighted by Crippen LogP contribution is 2.23. The zero-order valence-corrected chi connectivity index (χ0v) is 11.4. The van der Waals surface area contributed by atoms with Gasteiger partial charge >= 0.3 is 12.3 Å². The summed E-state index contributed by atoms with van der Waals surface area (Å²) in [6, 6.07) is -0.543. The van der Waals surface area contributed by atoms with Crippen LogP contribution in [0.5, 0.6) is 0 Å². The first kappa shape index (κ1) is 16.3. The van der Waals surface area contributed by atoms with Gasteiger partial charge in [-0.2, -0.15) is 8.78 Å². The fraction of sp³-hybridized carbons (Fsp3) is 0.727. The molecule has 0 spiro atoms. The predicted molar refractivity (Wildman–Crippen MR) is 65.0 cm³/mol. The van der Waals surface area contributed by atoms with Crippen molar-refractivity contribution < 1.29 is 22.3 Å². The number of aryl methyl sites for hydroxylation is 2. The lowest BCUT2D eigenvalue weighted by Crippen LogP contribution is -2.36. The molecular formula is C11H16F4N2OS. The second-order valence-electron chi connectivity index (χ2n) is 4.29. The van der Waals surface area contributed by atoms with Crippen LogP contribution in [0.25, 0.3) is 0 Å². The van der Waals surface area contributed by atoms with Gasteiger partial charge < -0.3 is 10.5 Å². The molecule has 0 aliphatic rings. The lowest BCUT2D eigenvalue weighted by atomic mass is 10.2. The Bertz CT molecular complexity index is 392. The van der Waals surface area contributed by atoms with Crippen molar-refractivity contribution in [2.45, 2.75) is 38.7 Å². The number of halogens is 4. The Balaban J connectivity index is 2.34. The van der Waals surface area contributed by atoms with E-state index in [1.807, 2.05) is 13.8 Å². The van der Waals surface area contributed by atoms with Crippen molar-refractivity contribution in [2.24, 2.45) is 5.73 Å². The van der Waals surface area contributed by atoms with Gasteiger partial charge in [0.15, 0.2) is 0 Å². The van der Waals surface area contributed by atoms with Crippen molar-refractivity contribution >= 4 is 11.3 Å². The van der Waals surface area contributed by atoms with Crippen molar-refractivity contribution in [3.05, 3.63) is 15.6 Å². The van der Waals surface area contributed by atoms with E-state index in [1.165, 1.54) is 11.3 Å². The molecule has 8 heteroatoms. The highest BCUT2D eigenvalue weighted by Gasteiger charge is 2.41. The number of nitrogens with two attached hydrogens (primary N) is 1. The van der Waals surface area contributed by atoms with E-state index in [0.717, 1.165) is 15.6 Å². The maximum Gasteiger partial charge on any atom is 0.330 e. The summed E-state index contributed by atoms with van der Waals surface area (Å²) < 4.78 is 53.4. The molecule has 0 aromatic carbocycles. The van der Waals surface area contributed by atoms with Crippen LogP contribution in [0.2, 0.25) is 0 Å². The van der Waals surface area contributed by atoms with E-state index in [0.29, 0.717) is 6.42 Å². The molecule has 1 atom stereocenters. The Kier molecular flexibility index (Phi) is 5.69. The summed E-state index contributed by atoms with van der Waals surface area (Å²) in [6.07, 6.45) is -3.35. The fourth-order valence-electron chi connectivity index (χ4n) is 1.32. The first-order valence-electron chi connectivity index (χ1n) is 5.64. The van der Waals surface area contributed by atoms with Gasteiger partial charge in [0.05, 0.1) is 17.3 Å². The number of alkyl halides is 4. The monoisotopic (exact) mass is 300 g/mol. The normalized spacial score (nSPS) is 14.1. The molecule has 1 aromatic rings. The standard InChI is InChI=1S/C11H16F4N2OS/c1-6-7(2)19-9(17-6)3-8(16)4-18-5-11(14,15)10(12)13/h8,10H,3-5,16H2,1-2H3. The van der Waals surface area contributed by atoms with Gasteiger partial charge in [0.1, 0.15) is 6.61 Å². The highest BCUT2D eigenvalue weighted by molar-refractivity contribution is 7.11. The third-order valence-corrected chi connectivity index (χ3v) is 3.55. The molecule has 0 radical (unpaired) electrons. The van der Waals surface area contributed by atoms with Crippen molar-refractivity contribution in [2.75, 3.05) is 13.2 Å². The van der Waals surface area contributed by atoms with Gasteiger partial charge in [-0.25, -0.2) is 13.8 Å². The molecule has 1 heterocycles. The predicted octanol–water partition coefficient (Wildman–Crippen LogP) is 2.55. The van der Waals surface area contributed by atoms with Crippen molar-refractivity contribution in [1.29, 1.82) is 0 Å². The van der Waals surface area contributed by atoms with E-state index in [9.17, 15) is 17.6 Å². The number of aromatic nitrogens is 1. The first-order valence-corrected chi connectivity index (χ1v) is 6.46. The molecule has 1 aromatic heterocycles. The molecule has 0 fully saturated rings. The highest BCUT2D eigenvalue weighted by atomic mass is 32.1. The number of hydrogen-bond donors (Lipinski definition) is 1. The van der Waals surface area contributed by atoms with Gasteiger partial charge in [0.2, 0.25) is 0 Å². The Morgan fingerprint density at radius 3 is 2.47 bits per heavy atom. The Morgan fingerprint density at radius 2 is 2.00 bits per heavy atom. The smallest absolute Gasteiger partial charge is 0.330 e. The maximum atomic E-state index is 12.6. The quantitative estimate of drug-likeness (QED) is 0.787. The summed E-state index contributed by atoms with van der Waals surface area (Å²) in [4.78, 5) is 5.31. The van der Waals surface area contributed by atoms with Crippen LogP contribution in [0.15, 0.2) is 0 Å². The molecular weight excluding hydrogens is 284 g/mol. The van der Waals surface area contributed by atoms with Gasteiger partial charge in [-0.05, 0) is 13.8 Å². The molecule has 0 aliphatic heterocycles. The average molecular weight is 300 g/mol. The average Bonchev–Trinajstić information content (AvgIpc) is 2.57. The fourth-order valence-corrected chi connectivity index (χ4v) is 2.35. The second-order valence-corrected chi connectivity index (χ2v) is 5.58. The maximum absolute atomic E-state index is 12.6. The molecule has 1 rings (SSSR count). The largest absolute Gasteiger partial charge is 0.373 e. The number of ether oxygens (including phenoxy) is 1. The molecule has 110 valence electrons. The molecule has 0 amide bonds. The first-order chi connectivity index (χ1) is 8.72.